The maximum atomic E-state index is 9.94. The highest BCUT2D eigenvalue weighted by Gasteiger charge is 2.25. The van der Waals surface area contributed by atoms with Crippen LogP contribution in [0.25, 0.3) is 32.6 Å². The molecule has 0 bridgehead atoms. The lowest BCUT2D eigenvalue weighted by Gasteiger charge is -2.30. The number of piperidine rings is 1. The Morgan fingerprint density at radius 2 is 1.97 bits per heavy atom. The summed E-state index contributed by atoms with van der Waals surface area (Å²) < 4.78 is 6.07. The number of hydrogen-bond donors (Lipinski definition) is 4. The Labute approximate surface area is 170 Å². The van der Waals surface area contributed by atoms with E-state index < -0.39 is 6.23 Å². The fraction of sp³-hybridized carbons (Fsp3) is 0.300. The molecule has 8 nitrogen and oxygen atoms in total. The first kappa shape index (κ1) is 18.3. The first-order valence-electron chi connectivity index (χ1n) is 9.54. The molecule has 0 saturated carbocycles. The number of thiophene rings is 1. The van der Waals surface area contributed by atoms with Gasteiger partial charge in [-0.15, -0.1) is 11.3 Å². The molecule has 3 aromatic heterocycles. The zero-order valence-corrected chi connectivity index (χ0v) is 16.5. The van der Waals surface area contributed by atoms with Crippen LogP contribution < -0.4 is 22.1 Å². The predicted molar refractivity (Wildman–Crippen MR) is 116 cm³/mol. The van der Waals surface area contributed by atoms with Crippen molar-refractivity contribution in [1.82, 2.24) is 9.97 Å². The van der Waals surface area contributed by atoms with Gasteiger partial charge in [-0.05, 0) is 25.0 Å². The molecule has 150 valence electrons. The van der Waals surface area contributed by atoms with Crippen LogP contribution in [0.1, 0.15) is 23.9 Å². The van der Waals surface area contributed by atoms with Gasteiger partial charge in [-0.25, -0.2) is 9.97 Å². The minimum atomic E-state index is -1.17. The van der Waals surface area contributed by atoms with Crippen molar-refractivity contribution < 1.29 is 9.52 Å². The predicted octanol–water partition coefficient (Wildman–Crippen LogP) is 2.56. The van der Waals surface area contributed by atoms with Gasteiger partial charge in [-0.3, -0.25) is 0 Å². The summed E-state index contributed by atoms with van der Waals surface area (Å²) in [5.74, 6) is 1.22. The third-order valence-electron chi connectivity index (χ3n) is 5.36. The number of nitrogens with zero attached hydrogens (tertiary/aromatic N) is 3. The van der Waals surface area contributed by atoms with Crippen LogP contribution in [-0.4, -0.2) is 34.2 Å². The van der Waals surface area contributed by atoms with Crippen LogP contribution >= 0.6 is 11.3 Å². The van der Waals surface area contributed by atoms with E-state index >= 15 is 0 Å². The summed E-state index contributed by atoms with van der Waals surface area (Å²) in [6.07, 6.45) is 0.607. The van der Waals surface area contributed by atoms with Gasteiger partial charge in [0, 0.05) is 24.5 Å². The van der Waals surface area contributed by atoms with Crippen molar-refractivity contribution in [3.63, 3.8) is 0 Å². The lowest BCUT2D eigenvalue weighted by Crippen LogP contribution is -2.40. The molecule has 7 N–H and O–H groups in total. The number of rotatable bonds is 3. The van der Waals surface area contributed by atoms with Crippen molar-refractivity contribution in [1.29, 1.82) is 0 Å². The monoisotopic (exact) mass is 410 g/mol. The number of nitrogen functional groups attached to an aromatic ring is 1. The maximum Gasteiger partial charge on any atom is 0.227 e. The zero-order chi connectivity index (χ0) is 20.1. The number of aliphatic hydroxyl groups is 1. The third-order valence-corrected chi connectivity index (χ3v) is 6.53. The second-order valence-corrected chi connectivity index (χ2v) is 8.38. The summed E-state index contributed by atoms with van der Waals surface area (Å²) in [5, 5.41) is 11.6. The van der Waals surface area contributed by atoms with Gasteiger partial charge in [-0.1, -0.05) is 18.2 Å². The van der Waals surface area contributed by atoms with Crippen molar-refractivity contribution in [2.45, 2.75) is 25.1 Å². The van der Waals surface area contributed by atoms with Gasteiger partial charge in [0.1, 0.15) is 22.3 Å². The molecule has 1 aliphatic rings. The summed E-state index contributed by atoms with van der Waals surface area (Å²) in [5.41, 5.74) is 19.9. The molecule has 0 amide bonds. The molecule has 0 spiro atoms. The van der Waals surface area contributed by atoms with E-state index in [1.54, 1.807) is 0 Å². The Morgan fingerprint density at radius 3 is 2.69 bits per heavy atom. The Kier molecular flexibility index (Phi) is 4.39. The molecule has 4 aromatic rings. The average Bonchev–Trinajstić information content (AvgIpc) is 3.29. The maximum absolute atomic E-state index is 9.94. The van der Waals surface area contributed by atoms with Crippen LogP contribution in [0.3, 0.4) is 0 Å². The minimum Gasteiger partial charge on any atom is -0.454 e. The number of aromatic nitrogens is 2. The van der Waals surface area contributed by atoms with Crippen LogP contribution in [0.15, 0.2) is 34.7 Å². The fourth-order valence-electron chi connectivity index (χ4n) is 3.77. The molecule has 29 heavy (non-hydrogen) atoms. The largest absolute Gasteiger partial charge is 0.454 e. The molecule has 1 unspecified atom stereocenters. The van der Waals surface area contributed by atoms with E-state index in [0.29, 0.717) is 38.2 Å². The van der Waals surface area contributed by atoms with Gasteiger partial charge in [-0.2, -0.15) is 0 Å². The lowest BCUT2D eigenvalue weighted by atomic mass is 10.1. The average molecular weight is 411 g/mol. The molecule has 4 heterocycles. The molecule has 1 aliphatic heterocycles. The fourth-order valence-corrected chi connectivity index (χ4v) is 4.74. The van der Waals surface area contributed by atoms with E-state index in [4.69, 9.17) is 31.6 Å². The number of aliphatic hydroxyl groups excluding tert-OH is 1. The van der Waals surface area contributed by atoms with Crippen LogP contribution in [0.2, 0.25) is 0 Å². The summed E-state index contributed by atoms with van der Waals surface area (Å²) in [6.45, 7) is 1.58. The van der Waals surface area contributed by atoms with Crippen molar-refractivity contribution in [3.05, 3.63) is 35.2 Å². The van der Waals surface area contributed by atoms with E-state index in [2.05, 4.69) is 4.90 Å². The Hall–Kier alpha value is -2.72. The van der Waals surface area contributed by atoms with Gasteiger partial charge < -0.3 is 31.6 Å². The van der Waals surface area contributed by atoms with Crippen molar-refractivity contribution in [2.24, 2.45) is 11.5 Å². The first-order chi connectivity index (χ1) is 14.0. The molecule has 1 aromatic carbocycles. The summed E-state index contributed by atoms with van der Waals surface area (Å²) in [7, 11) is 0. The van der Waals surface area contributed by atoms with Crippen molar-refractivity contribution in [3.8, 4) is 11.5 Å². The highest BCUT2D eigenvalue weighted by atomic mass is 32.1. The number of hydrogen-bond acceptors (Lipinski definition) is 9. The molecular formula is C20H22N6O2S. The van der Waals surface area contributed by atoms with E-state index in [9.17, 15) is 5.11 Å². The highest BCUT2D eigenvalue weighted by Crippen LogP contribution is 2.42. The van der Waals surface area contributed by atoms with Gasteiger partial charge >= 0.3 is 0 Å². The van der Waals surface area contributed by atoms with E-state index in [-0.39, 0.29) is 6.04 Å². The quantitative estimate of drug-likeness (QED) is 0.378. The molecule has 0 radical (unpaired) electrons. The van der Waals surface area contributed by atoms with E-state index in [1.165, 1.54) is 11.3 Å². The Bertz CT molecular complexity index is 1160. The Balaban J connectivity index is 1.72. The molecule has 0 aliphatic carbocycles. The van der Waals surface area contributed by atoms with E-state index in [0.717, 1.165) is 36.9 Å². The molecule has 1 atom stereocenters. The number of anilines is 2. The molecule has 1 saturated heterocycles. The zero-order valence-electron chi connectivity index (χ0n) is 15.7. The van der Waals surface area contributed by atoms with Crippen molar-refractivity contribution >= 4 is 44.2 Å². The van der Waals surface area contributed by atoms with Gasteiger partial charge in [0.2, 0.25) is 5.95 Å². The Morgan fingerprint density at radius 1 is 1.21 bits per heavy atom. The van der Waals surface area contributed by atoms with Gasteiger partial charge in [0.15, 0.2) is 5.76 Å². The lowest BCUT2D eigenvalue weighted by molar-refractivity contribution is 0.191. The summed E-state index contributed by atoms with van der Waals surface area (Å²) >= 11 is 1.28. The molecule has 9 heteroatoms. The van der Waals surface area contributed by atoms with E-state index in [1.807, 2.05) is 30.3 Å². The molecule has 1 fully saturated rings. The number of furan rings is 1. The molecular weight excluding hydrogens is 388 g/mol. The van der Waals surface area contributed by atoms with Crippen molar-refractivity contribution in [2.75, 3.05) is 23.7 Å². The summed E-state index contributed by atoms with van der Waals surface area (Å²) in [4.78, 5) is 12.8. The number of nitrogens with two attached hydrogens (primary N) is 3. The van der Waals surface area contributed by atoms with Crippen LogP contribution in [0.5, 0.6) is 0 Å². The summed E-state index contributed by atoms with van der Waals surface area (Å²) in [6, 6.07) is 9.94. The number of fused-ring (bicyclic) bond motifs is 2. The smallest absolute Gasteiger partial charge is 0.227 e. The van der Waals surface area contributed by atoms with Crippen LogP contribution in [0.4, 0.5) is 11.6 Å². The second kappa shape index (κ2) is 6.96. The number of benzene rings is 1. The standard InChI is InChI=1S/C20H22N6O2S/c21-11-5-7-26(8-6-11)20-24-16(13-9-10-3-1-2-4-12(10)28-13)14-15(22)17(18(23)27)29-19(14)25-20/h1-4,9,11,18,27H,5-8,21-23H2. The van der Waals surface area contributed by atoms with Crippen LogP contribution in [0, 0.1) is 0 Å². The number of para-hydroxylation sites is 1. The second-order valence-electron chi connectivity index (χ2n) is 7.35. The SMILES string of the molecule is Nc1c(C(N)O)sc2nc(N3CCC(N)CC3)nc(-c3cc4ccccc4o3)c12. The topological polar surface area (TPSA) is 140 Å². The molecule has 5 rings (SSSR count). The van der Waals surface area contributed by atoms with Gasteiger partial charge in [0.05, 0.1) is 16.0 Å². The van der Waals surface area contributed by atoms with Crippen LogP contribution in [-0.2, 0) is 0 Å². The normalized spacial score (nSPS) is 16.7. The minimum absolute atomic E-state index is 0.209. The highest BCUT2D eigenvalue weighted by molar-refractivity contribution is 7.19. The first-order valence-corrected chi connectivity index (χ1v) is 10.4. The van der Waals surface area contributed by atoms with Gasteiger partial charge in [0.25, 0.3) is 0 Å². The third kappa shape index (κ3) is 3.12.